The summed E-state index contributed by atoms with van der Waals surface area (Å²) in [4.78, 5) is 24.7. The molecule has 2 rings (SSSR count). The molecule has 0 unspecified atom stereocenters. The Hall–Kier alpha value is -2.15. The molecule has 1 aromatic carbocycles. The summed E-state index contributed by atoms with van der Waals surface area (Å²) in [7, 11) is 0. The number of rotatable bonds is 4. The maximum Gasteiger partial charge on any atom is 0.269 e. The number of nitro groups is 1. The molecule has 0 aliphatic carbocycles. The Morgan fingerprint density at radius 2 is 1.96 bits per heavy atom. The van der Waals surface area contributed by atoms with Crippen LogP contribution in [-0.4, -0.2) is 40.7 Å². The second-order valence-electron chi connectivity index (χ2n) is 7.40. The van der Waals surface area contributed by atoms with E-state index in [1.165, 1.54) is 12.1 Å². The standard InChI is InChI=1S/C17H24N2O5/c1-16(2,3)15(20)18-13(11-24-17(18,4)5)10-23-14-8-6-12(7-9-14)19(21)22/h6-9,13H,10-11H2,1-5H3/t13-/m1/s1. The van der Waals surface area contributed by atoms with Crippen LogP contribution in [0.2, 0.25) is 0 Å². The van der Waals surface area contributed by atoms with Gasteiger partial charge in [0.15, 0.2) is 0 Å². The molecule has 24 heavy (non-hydrogen) atoms. The lowest BCUT2D eigenvalue weighted by atomic mass is 9.93. The van der Waals surface area contributed by atoms with Crippen LogP contribution in [-0.2, 0) is 9.53 Å². The van der Waals surface area contributed by atoms with E-state index in [-0.39, 0.29) is 24.2 Å². The van der Waals surface area contributed by atoms with Crippen molar-refractivity contribution in [1.82, 2.24) is 4.90 Å². The third kappa shape index (κ3) is 3.84. The van der Waals surface area contributed by atoms with E-state index in [1.54, 1.807) is 17.0 Å². The Labute approximate surface area is 141 Å². The molecule has 0 aromatic heterocycles. The molecule has 7 nitrogen and oxygen atoms in total. The van der Waals surface area contributed by atoms with Crippen LogP contribution in [0.3, 0.4) is 0 Å². The first-order valence-electron chi connectivity index (χ1n) is 7.87. The van der Waals surface area contributed by atoms with E-state index in [0.29, 0.717) is 12.4 Å². The molecule has 1 heterocycles. The molecule has 1 atom stereocenters. The van der Waals surface area contributed by atoms with E-state index in [4.69, 9.17) is 9.47 Å². The van der Waals surface area contributed by atoms with Crippen LogP contribution in [0.5, 0.6) is 5.75 Å². The number of nitrogens with zero attached hydrogens (tertiary/aromatic N) is 2. The molecule has 1 aromatic rings. The topological polar surface area (TPSA) is 81.9 Å². The summed E-state index contributed by atoms with van der Waals surface area (Å²) >= 11 is 0. The van der Waals surface area contributed by atoms with Crippen molar-refractivity contribution in [3.63, 3.8) is 0 Å². The Balaban J connectivity index is 2.08. The SMILES string of the molecule is CC(C)(C)C(=O)N1[C@H](COc2ccc([N+](=O)[O-])cc2)COC1(C)C. The molecule has 7 heteroatoms. The van der Waals surface area contributed by atoms with Gasteiger partial charge in [0.1, 0.15) is 18.1 Å². The zero-order valence-electron chi connectivity index (χ0n) is 14.7. The summed E-state index contributed by atoms with van der Waals surface area (Å²) in [6, 6.07) is 5.68. The Kier molecular flexibility index (Phi) is 4.85. The lowest BCUT2D eigenvalue weighted by Crippen LogP contribution is -2.53. The zero-order valence-corrected chi connectivity index (χ0v) is 14.7. The van der Waals surface area contributed by atoms with E-state index in [9.17, 15) is 14.9 Å². The highest BCUT2D eigenvalue weighted by atomic mass is 16.6. The number of benzene rings is 1. The minimum atomic E-state index is -0.687. The van der Waals surface area contributed by atoms with Crippen molar-refractivity contribution >= 4 is 11.6 Å². The van der Waals surface area contributed by atoms with Gasteiger partial charge in [0.2, 0.25) is 5.91 Å². The van der Waals surface area contributed by atoms with Crippen LogP contribution in [0.4, 0.5) is 5.69 Å². The fourth-order valence-electron chi connectivity index (χ4n) is 2.63. The van der Waals surface area contributed by atoms with Crippen molar-refractivity contribution in [3.8, 4) is 5.75 Å². The van der Waals surface area contributed by atoms with Crippen LogP contribution in [0.1, 0.15) is 34.6 Å². The summed E-state index contributed by atoms with van der Waals surface area (Å²) in [5.74, 6) is 0.524. The van der Waals surface area contributed by atoms with E-state index in [1.807, 2.05) is 34.6 Å². The lowest BCUT2D eigenvalue weighted by Gasteiger charge is -2.37. The fraction of sp³-hybridized carbons (Fsp3) is 0.588. The molecule has 0 saturated carbocycles. The van der Waals surface area contributed by atoms with Gasteiger partial charge in [-0.15, -0.1) is 0 Å². The maximum atomic E-state index is 12.7. The highest BCUT2D eigenvalue weighted by molar-refractivity contribution is 5.82. The fourth-order valence-corrected chi connectivity index (χ4v) is 2.63. The quantitative estimate of drug-likeness (QED) is 0.623. The Morgan fingerprint density at radius 3 is 2.46 bits per heavy atom. The third-order valence-corrected chi connectivity index (χ3v) is 3.92. The smallest absolute Gasteiger partial charge is 0.269 e. The van der Waals surface area contributed by atoms with Crippen LogP contribution in [0.25, 0.3) is 0 Å². The second-order valence-corrected chi connectivity index (χ2v) is 7.40. The normalized spacial score (nSPS) is 20.0. The maximum absolute atomic E-state index is 12.7. The summed E-state index contributed by atoms with van der Waals surface area (Å²) in [5, 5.41) is 10.7. The van der Waals surface area contributed by atoms with Gasteiger partial charge in [-0.25, -0.2) is 0 Å². The molecule has 1 aliphatic heterocycles. The molecular weight excluding hydrogens is 312 g/mol. The van der Waals surface area contributed by atoms with Gasteiger partial charge >= 0.3 is 0 Å². The minimum Gasteiger partial charge on any atom is -0.491 e. The lowest BCUT2D eigenvalue weighted by molar-refractivity contribution is -0.384. The van der Waals surface area contributed by atoms with Crippen molar-refractivity contribution in [2.24, 2.45) is 5.41 Å². The van der Waals surface area contributed by atoms with Crippen molar-refractivity contribution in [2.75, 3.05) is 13.2 Å². The molecule has 0 N–H and O–H groups in total. The molecule has 0 bridgehead atoms. The van der Waals surface area contributed by atoms with Gasteiger partial charge in [0, 0.05) is 17.5 Å². The van der Waals surface area contributed by atoms with Crippen molar-refractivity contribution in [3.05, 3.63) is 34.4 Å². The average molecular weight is 336 g/mol. The van der Waals surface area contributed by atoms with Gasteiger partial charge in [0.25, 0.3) is 5.69 Å². The summed E-state index contributed by atoms with van der Waals surface area (Å²) < 4.78 is 11.5. The zero-order chi connectivity index (χ0) is 18.1. The number of amides is 1. The number of carbonyl (C=O) groups excluding carboxylic acids is 1. The van der Waals surface area contributed by atoms with Gasteiger partial charge in [-0.05, 0) is 26.0 Å². The molecule has 1 aliphatic rings. The van der Waals surface area contributed by atoms with Crippen molar-refractivity contribution in [2.45, 2.75) is 46.4 Å². The molecule has 1 saturated heterocycles. The third-order valence-electron chi connectivity index (χ3n) is 3.92. The largest absolute Gasteiger partial charge is 0.491 e. The summed E-state index contributed by atoms with van der Waals surface area (Å²) in [5.41, 5.74) is -1.19. The molecule has 132 valence electrons. The second kappa shape index (κ2) is 6.39. The molecule has 0 spiro atoms. The monoisotopic (exact) mass is 336 g/mol. The van der Waals surface area contributed by atoms with E-state index < -0.39 is 16.1 Å². The predicted octanol–water partition coefficient (Wildman–Crippen LogP) is 2.98. The van der Waals surface area contributed by atoms with Crippen molar-refractivity contribution in [1.29, 1.82) is 0 Å². The molecule has 1 amide bonds. The summed E-state index contributed by atoms with van der Waals surface area (Å²) in [6.07, 6.45) is 0. The van der Waals surface area contributed by atoms with Gasteiger partial charge < -0.3 is 14.4 Å². The number of hydrogen-bond donors (Lipinski definition) is 0. The first-order chi connectivity index (χ1) is 11.0. The van der Waals surface area contributed by atoms with Gasteiger partial charge in [-0.1, -0.05) is 20.8 Å². The molecular formula is C17H24N2O5. The predicted molar refractivity (Wildman–Crippen MR) is 88.7 cm³/mol. The van der Waals surface area contributed by atoms with E-state index in [2.05, 4.69) is 0 Å². The summed E-state index contributed by atoms with van der Waals surface area (Å²) in [6.45, 7) is 10.0. The Bertz CT molecular complexity index is 619. The van der Waals surface area contributed by atoms with Crippen LogP contribution >= 0.6 is 0 Å². The highest BCUT2D eigenvalue weighted by Gasteiger charge is 2.46. The van der Waals surface area contributed by atoms with Crippen molar-refractivity contribution < 1.29 is 19.2 Å². The number of non-ortho nitro benzene ring substituents is 1. The minimum absolute atomic E-state index is 0.00213. The van der Waals surface area contributed by atoms with Gasteiger partial charge in [-0.3, -0.25) is 14.9 Å². The average Bonchev–Trinajstić information content (AvgIpc) is 2.78. The van der Waals surface area contributed by atoms with Crippen LogP contribution in [0.15, 0.2) is 24.3 Å². The Morgan fingerprint density at radius 1 is 1.38 bits per heavy atom. The van der Waals surface area contributed by atoms with E-state index in [0.717, 1.165) is 0 Å². The van der Waals surface area contributed by atoms with Gasteiger partial charge in [-0.2, -0.15) is 0 Å². The van der Waals surface area contributed by atoms with E-state index >= 15 is 0 Å². The van der Waals surface area contributed by atoms with Gasteiger partial charge in [0.05, 0.1) is 17.6 Å². The number of nitro benzene ring substituents is 1. The van der Waals surface area contributed by atoms with Crippen LogP contribution < -0.4 is 4.74 Å². The molecule has 0 radical (unpaired) electrons. The first-order valence-corrected chi connectivity index (χ1v) is 7.87. The molecule has 1 fully saturated rings. The highest BCUT2D eigenvalue weighted by Crippen LogP contribution is 2.32. The number of hydrogen-bond acceptors (Lipinski definition) is 5. The first kappa shape index (κ1) is 18.2. The number of ether oxygens (including phenoxy) is 2. The number of carbonyl (C=O) groups is 1. The van der Waals surface area contributed by atoms with Crippen LogP contribution in [0, 0.1) is 15.5 Å².